The van der Waals surface area contributed by atoms with Gasteiger partial charge in [0.1, 0.15) is 24.1 Å². The number of imidazole rings is 1. The Kier molecular flexibility index (Phi) is 4.32. The summed E-state index contributed by atoms with van der Waals surface area (Å²) in [6.45, 7) is 1.43. The minimum Gasteiger partial charge on any atom is -0.394 e. The summed E-state index contributed by atoms with van der Waals surface area (Å²) in [7, 11) is 0. The Hall–Kier alpha value is -1.81. The topological polar surface area (TPSA) is 126 Å². The van der Waals surface area contributed by atoms with Gasteiger partial charge in [0.25, 0.3) is 0 Å². The van der Waals surface area contributed by atoms with Gasteiger partial charge in [0.15, 0.2) is 23.2 Å². The Morgan fingerprint density at radius 1 is 1.24 bits per heavy atom. The van der Waals surface area contributed by atoms with E-state index in [1.54, 1.807) is 11.5 Å². The van der Waals surface area contributed by atoms with Crippen molar-refractivity contribution in [3.8, 4) is 0 Å². The molecule has 9 heteroatoms. The molecule has 1 aliphatic heterocycles. The number of aryl methyl sites for hydroxylation is 1. The summed E-state index contributed by atoms with van der Waals surface area (Å²) in [5.41, 5.74) is 1.14. The first-order valence-corrected chi connectivity index (χ1v) is 8.68. The Morgan fingerprint density at radius 2 is 2.00 bits per heavy atom. The lowest BCUT2D eigenvalue weighted by Gasteiger charge is -2.17. The summed E-state index contributed by atoms with van der Waals surface area (Å²) >= 11 is 0. The number of nitrogens with zero attached hydrogens (tertiary/aromatic N) is 4. The van der Waals surface area contributed by atoms with Gasteiger partial charge in [-0.25, -0.2) is 15.0 Å². The summed E-state index contributed by atoms with van der Waals surface area (Å²) in [6.07, 6.45) is 2.15. The molecule has 2 aliphatic rings. The molecule has 1 aliphatic carbocycles. The monoisotopic (exact) mass is 349 g/mol. The highest BCUT2D eigenvalue weighted by molar-refractivity contribution is 5.83. The first-order valence-electron chi connectivity index (χ1n) is 8.68. The molecule has 3 heterocycles. The van der Waals surface area contributed by atoms with Crippen molar-refractivity contribution in [1.82, 2.24) is 19.5 Å². The fraction of sp³-hybridized carbons (Fsp3) is 0.688. The number of ether oxygens (including phenoxy) is 1. The fourth-order valence-corrected chi connectivity index (χ4v) is 3.69. The van der Waals surface area contributed by atoms with Crippen molar-refractivity contribution in [2.24, 2.45) is 0 Å². The van der Waals surface area contributed by atoms with Crippen molar-refractivity contribution in [2.45, 2.75) is 63.2 Å². The fourth-order valence-electron chi connectivity index (χ4n) is 3.69. The van der Waals surface area contributed by atoms with E-state index in [4.69, 9.17) is 4.74 Å². The van der Waals surface area contributed by atoms with Gasteiger partial charge >= 0.3 is 0 Å². The molecule has 4 atom stereocenters. The molecule has 0 amide bonds. The van der Waals surface area contributed by atoms with Gasteiger partial charge < -0.3 is 25.4 Å². The summed E-state index contributed by atoms with van der Waals surface area (Å²) in [4.78, 5) is 13.3. The van der Waals surface area contributed by atoms with Crippen LogP contribution in [0.4, 0.5) is 5.82 Å². The first-order chi connectivity index (χ1) is 12.1. The molecule has 2 aromatic rings. The maximum Gasteiger partial charge on any atom is 0.167 e. The standard InChI is InChI=1S/C16H23N5O4/c1-8-18-14(20-9-4-2-3-5-9)11-15(19-8)21(7-17-11)16-13(24)12(23)10(6-22)25-16/h7,9-10,12-13,16,22-24H,2-6H2,1H3,(H,18,19,20)/t10-,12-,13-,16-/m0/s1. The van der Waals surface area contributed by atoms with Crippen LogP contribution in [0.2, 0.25) is 0 Å². The maximum atomic E-state index is 10.3. The molecule has 136 valence electrons. The van der Waals surface area contributed by atoms with Crippen LogP contribution in [-0.2, 0) is 4.74 Å². The number of fused-ring (bicyclic) bond motifs is 1. The van der Waals surface area contributed by atoms with Crippen molar-refractivity contribution < 1.29 is 20.1 Å². The van der Waals surface area contributed by atoms with E-state index in [0.717, 1.165) is 12.8 Å². The normalized spacial score (nSPS) is 30.4. The van der Waals surface area contributed by atoms with Gasteiger partial charge in [-0.3, -0.25) is 4.57 Å². The van der Waals surface area contributed by atoms with E-state index in [9.17, 15) is 15.3 Å². The zero-order valence-corrected chi connectivity index (χ0v) is 14.0. The van der Waals surface area contributed by atoms with Gasteiger partial charge in [-0.15, -0.1) is 0 Å². The molecule has 25 heavy (non-hydrogen) atoms. The number of aliphatic hydroxyl groups excluding tert-OH is 3. The van der Waals surface area contributed by atoms with Gasteiger partial charge in [-0.1, -0.05) is 12.8 Å². The number of aliphatic hydroxyl groups is 3. The second-order valence-electron chi connectivity index (χ2n) is 6.80. The largest absolute Gasteiger partial charge is 0.394 e. The molecule has 0 spiro atoms. The second kappa shape index (κ2) is 6.49. The van der Waals surface area contributed by atoms with E-state index in [2.05, 4.69) is 20.3 Å². The van der Waals surface area contributed by atoms with Crippen molar-refractivity contribution in [3.05, 3.63) is 12.2 Å². The Morgan fingerprint density at radius 3 is 2.68 bits per heavy atom. The third-order valence-electron chi connectivity index (χ3n) is 5.02. The van der Waals surface area contributed by atoms with E-state index in [-0.39, 0.29) is 6.61 Å². The predicted molar refractivity (Wildman–Crippen MR) is 88.9 cm³/mol. The highest BCUT2D eigenvalue weighted by atomic mass is 16.6. The van der Waals surface area contributed by atoms with E-state index < -0.39 is 24.5 Å². The molecule has 9 nitrogen and oxygen atoms in total. The highest BCUT2D eigenvalue weighted by Crippen LogP contribution is 2.33. The molecule has 2 aromatic heterocycles. The van der Waals surface area contributed by atoms with Crippen LogP contribution in [0, 0.1) is 6.92 Å². The van der Waals surface area contributed by atoms with Crippen LogP contribution in [0.25, 0.3) is 11.2 Å². The van der Waals surface area contributed by atoms with Gasteiger partial charge in [-0.05, 0) is 19.8 Å². The molecule has 0 unspecified atom stereocenters. The van der Waals surface area contributed by atoms with E-state index >= 15 is 0 Å². The summed E-state index contributed by atoms with van der Waals surface area (Å²) < 4.78 is 7.18. The molecule has 4 rings (SSSR count). The number of rotatable bonds is 4. The SMILES string of the molecule is Cc1nc(NC2CCCC2)c2ncn([C@H]3O[C@@H](CO)[C@H](O)[C@@H]3O)c2n1. The molecule has 0 aromatic carbocycles. The quantitative estimate of drug-likeness (QED) is 0.612. The molecule has 2 fully saturated rings. The molecular formula is C16H23N5O4. The van der Waals surface area contributed by atoms with Crippen molar-refractivity contribution in [3.63, 3.8) is 0 Å². The third kappa shape index (κ3) is 2.86. The van der Waals surface area contributed by atoms with Crippen LogP contribution in [0.1, 0.15) is 37.7 Å². The van der Waals surface area contributed by atoms with Crippen molar-refractivity contribution in [2.75, 3.05) is 11.9 Å². The Labute approximate surface area is 144 Å². The molecule has 0 bridgehead atoms. The van der Waals surface area contributed by atoms with E-state index in [1.165, 1.54) is 19.2 Å². The molecule has 4 N–H and O–H groups in total. The number of anilines is 1. The van der Waals surface area contributed by atoms with Crippen molar-refractivity contribution >= 4 is 17.0 Å². The Balaban J connectivity index is 1.70. The lowest BCUT2D eigenvalue weighted by atomic mass is 10.1. The van der Waals surface area contributed by atoms with Crippen LogP contribution in [0.3, 0.4) is 0 Å². The van der Waals surface area contributed by atoms with Crippen molar-refractivity contribution in [1.29, 1.82) is 0 Å². The lowest BCUT2D eigenvalue weighted by Crippen LogP contribution is -2.33. The molecule has 1 saturated heterocycles. The zero-order valence-electron chi connectivity index (χ0n) is 14.0. The van der Waals surface area contributed by atoms with Crippen LogP contribution in [0.15, 0.2) is 6.33 Å². The number of nitrogens with one attached hydrogen (secondary N) is 1. The first kappa shape index (κ1) is 16.6. The van der Waals surface area contributed by atoms with Crippen LogP contribution in [0.5, 0.6) is 0 Å². The number of aromatic nitrogens is 4. The molecule has 1 saturated carbocycles. The van der Waals surface area contributed by atoms with E-state index in [1.807, 2.05) is 0 Å². The Bertz CT molecular complexity index is 760. The van der Waals surface area contributed by atoms with Gasteiger partial charge in [-0.2, -0.15) is 0 Å². The summed E-state index contributed by atoms with van der Waals surface area (Å²) in [5, 5.41) is 33.0. The van der Waals surface area contributed by atoms with Crippen LogP contribution in [-0.4, -0.2) is 65.8 Å². The predicted octanol–water partition coefficient (Wildman–Crippen LogP) is 0.101. The van der Waals surface area contributed by atoms with Gasteiger partial charge in [0.2, 0.25) is 0 Å². The summed E-state index contributed by atoms with van der Waals surface area (Å²) in [5.74, 6) is 1.27. The lowest BCUT2D eigenvalue weighted by molar-refractivity contribution is -0.0511. The smallest absolute Gasteiger partial charge is 0.167 e. The average molecular weight is 349 g/mol. The van der Waals surface area contributed by atoms with Crippen LogP contribution >= 0.6 is 0 Å². The van der Waals surface area contributed by atoms with Gasteiger partial charge in [0.05, 0.1) is 12.9 Å². The molecular weight excluding hydrogens is 326 g/mol. The summed E-state index contributed by atoms with van der Waals surface area (Å²) in [6, 6.07) is 0.386. The number of hydrogen-bond acceptors (Lipinski definition) is 8. The highest BCUT2D eigenvalue weighted by Gasteiger charge is 2.44. The van der Waals surface area contributed by atoms with E-state index in [0.29, 0.717) is 28.8 Å². The molecule has 0 radical (unpaired) electrons. The minimum absolute atomic E-state index is 0.371. The average Bonchev–Trinajstić information content (AvgIpc) is 3.29. The second-order valence-corrected chi connectivity index (χ2v) is 6.80. The third-order valence-corrected chi connectivity index (χ3v) is 5.02. The number of hydrogen-bond donors (Lipinski definition) is 4. The zero-order chi connectivity index (χ0) is 17.6. The minimum atomic E-state index is -1.17. The van der Waals surface area contributed by atoms with Crippen LogP contribution < -0.4 is 5.32 Å². The van der Waals surface area contributed by atoms with Gasteiger partial charge in [0, 0.05) is 6.04 Å². The maximum absolute atomic E-state index is 10.3.